The van der Waals surface area contributed by atoms with Gasteiger partial charge in [0.1, 0.15) is 0 Å². The van der Waals surface area contributed by atoms with E-state index in [-0.39, 0.29) is 20.1 Å². The molecule has 1 radical (unpaired) electrons. The maximum Gasteiger partial charge on any atom is 0.0795 e. The van der Waals surface area contributed by atoms with Crippen LogP contribution in [-0.2, 0) is 20.1 Å². The van der Waals surface area contributed by atoms with Crippen molar-refractivity contribution in [1.29, 1.82) is 0 Å². The van der Waals surface area contributed by atoms with Crippen LogP contribution >= 0.6 is 11.3 Å². The third-order valence-corrected chi connectivity index (χ3v) is 11.2. The SMILES string of the molecule is C[Si](C)(C)c1ccc(-c2[c-]cccc2)nc1.[Ir].[c-]1cc2sc3cc(-c4ccccc4)ccc3c2cc1-c1cc2ccccc2cn1. The Morgan fingerprint density at radius 2 is 1.33 bits per heavy atom. The number of benzene rings is 5. The number of thiophene rings is 1. The second kappa shape index (κ2) is 13.6. The van der Waals surface area contributed by atoms with Crippen LogP contribution in [0.4, 0.5) is 0 Å². The number of nitrogens with zero attached hydrogens (tertiary/aromatic N) is 2. The van der Waals surface area contributed by atoms with Crippen molar-refractivity contribution in [2.24, 2.45) is 0 Å². The zero-order chi connectivity index (χ0) is 30.8. The van der Waals surface area contributed by atoms with Crippen molar-refractivity contribution < 1.29 is 20.1 Å². The molecular weight excluding hydrogens is 773 g/mol. The molecule has 0 N–H and O–H groups in total. The van der Waals surface area contributed by atoms with Gasteiger partial charge in [0.2, 0.25) is 0 Å². The molecule has 2 nitrogen and oxygen atoms in total. The van der Waals surface area contributed by atoms with E-state index >= 15 is 0 Å². The zero-order valence-corrected chi connectivity index (χ0v) is 30.1. The Bertz CT molecular complexity index is 2240. The van der Waals surface area contributed by atoms with Gasteiger partial charge in [0.15, 0.2) is 0 Å². The number of pyridine rings is 2. The van der Waals surface area contributed by atoms with E-state index in [4.69, 9.17) is 0 Å². The topological polar surface area (TPSA) is 25.8 Å². The summed E-state index contributed by atoms with van der Waals surface area (Å²) < 4.78 is 2.56. The fourth-order valence-electron chi connectivity index (χ4n) is 5.46. The van der Waals surface area contributed by atoms with Crippen LogP contribution in [0, 0.1) is 12.1 Å². The monoisotopic (exact) mass is 805 g/mol. The van der Waals surface area contributed by atoms with Crippen LogP contribution in [0.1, 0.15) is 0 Å². The Labute approximate surface area is 289 Å². The van der Waals surface area contributed by atoms with Crippen molar-refractivity contribution in [2.45, 2.75) is 19.6 Å². The Kier molecular flexibility index (Phi) is 9.39. The van der Waals surface area contributed by atoms with Crippen molar-refractivity contribution in [2.75, 3.05) is 0 Å². The molecule has 0 aliphatic carbocycles. The van der Waals surface area contributed by atoms with Gasteiger partial charge in [0.25, 0.3) is 0 Å². The summed E-state index contributed by atoms with van der Waals surface area (Å²) in [4.78, 5) is 9.19. The van der Waals surface area contributed by atoms with E-state index in [0.717, 1.165) is 27.9 Å². The summed E-state index contributed by atoms with van der Waals surface area (Å²) >= 11 is 1.83. The quantitative estimate of drug-likeness (QED) is 0.131. The van der Waals surface area contributed by atoms with E-state index in [2.05, 4.69) is 139 Å². The van der Waals surface area contributed by atoms with Crippen molar-refractivity contribution in [3.63, 3.8) is 0 Å². The normalized spacial score (nSPS) is 11.2. The van der Waals surface area contributed by atoms with Gasteiger partial charge in [-0.25, -0.2) is 0 Å². The summed E-state index contributed by atoms with van der Waals surface area (Å²) in [6.07, 6.45) is 3.96. The second-order valence-corrected chi connectivity index (χ2v) is 18.3. The number of rotatable bonds is 4. The molecule has 8 rings (SSSR count). The summed E-state index contributed by atoms with van der Waals surface area (Å²) in [5.74, 6) is 0. The molecule has 0 bridgehead atoms. The van der Waals surface area contributed by atoms with E-state index in [0.29, 0.717) is 0 Å². The van der Waals surface area contributed by atoms with Crippen LogP contribution < -0.4 is 5.19 Å². The summed E-state index contributed by atoms with van der Waals surface area (Å²) in [6.45, 7) is 7.00. The molecule has 5 aromatic carbocycles. The standard InChI is InChI=1S/C27H16NS.C14H16NSi.Ir/c1-2-6-18(7-3-1)20-10-12-23-24-14-21(11-13-26(24)29-27(23)16-20)25-15-19-8-4-5-9-22(19)17-28-25;1-16(2,3)13-9-10-14(15-11-13)12-7-5-4-6-8-12;/h1-10,12-17H;4-7,9-11H,1-3H3;/q2*-1;. The molecule has 0 aliphatic rings. The summed E-state index contributed by atoms with van der Waals surface area (Å²) in [5, 5.41) is 6.32. The van der Waals surface area contributed by atoms with Crippen LogP contribution in [0.5, 0.6) is 0 Å². The smallest absolute Gasteiger partial charge is 0.0795 e. The van der Waals surface area contributed by atoms with Gasteiger partial charge in [0, 0.05) is 37.2 Å². The van der Waals surface area contributed by atoms with Crippen LogP contribution in [0.3, 0.4) is 0 Å². The number of hydrogen-bond donors (Lipinski definition) is 0. The Balaban J connectivity index is 0.000000187. The first-order valence-corrected chi connectivity index (χ1v) is 19.5. The first-order chi connectivity index (χ1) is 21.9. The summed E-state index contributed by atoms with van der Waals surface area (Å²) in [6, 6.07) is 51.0. The molecule has 0 saturated carbocycles. The van der Waals surface area contributed by atoms with Gasteiger partial charge in [-0.1, -0.05) is 110 Å². The first kappa shape index (κ1) is 31.7. The van der Waals surface area contributed by atoms with Gasteiger partial charge in [-0.05, 0) is 54.6 Å². The van der Waals surface area contributed by atoms with Crippen LogP contribution in [-0.4, -0.2) is 18.0 Å². The van der Waals surface area contributed by atoms with Crippen molar-refractivity contribution in [1.82, 2.24) is 9.97 Å². The molecule has 0 spiro atoms. The van der Waals surface area contributed by atoms with E-state index in [1.165, 1.54) is 41.9 Å². The number of aromatic nitrogens is 2. The maximum absolute atomic E-state index is 4.67. The molecule has 46 heavy (non-hydrogen) atoms. The summed E-state index contributed by atoms with van der Waals surface area (Å²) in [5.41, 5.74) is 6.57. The van der Waals surface area contributed by atoms with Gasteiger partial charge < -0.3 is 9.97 Å². The van der Waals surface area contributed by atoms with Gasteiger partial charge in [0.05, 0.1) is 8.07 Å². The van der Waals surface area contributed by atoms with E-state index in [9.17, 15) is 0 Å². The average molecular weight is 805 g/mol. The van der Waals surface area contributed by atoms with Gasteiger partial charge in [-0.15, -0.1) is 59.7 Å². The summed E-state index contributed by atoms with van der Waals surface area (Å²) in [7, 11) is -1.23. The molecule has 0 atom stereocenters. The Morgan fingerprint density at radius 1 is 0.565 bits per heavy atom. The Hall–Kier alpha value is -4.25. The number of hydrogen-bond acceptors (Lipinski definition) is 3. The maximum atomic E-state index is 4.67. The molecule has 0 saturated heterocycles. The van der Waals surface area contributed by atoms with Crippen LogP contribution in [0.2, 0.25) is 19.6 Å². The third kappa shape index (κ3) is 6.79. The molecule has 8 aromatic rings. The molecule has 227 valence electrons. The minimum absolute atomic E-state index is 0. The van der Waals surface area contributed by atoms with Crippen LogP contribution in [0.25, 0.3) is 64.6 Å². The molecule has 0 fully saturated rings. The molecule has 3 heterocycles. The van der Waals surface area contributed by atoms with Crippen molar-refractivity contribution in [3.8, 4) is 33.6 Å². The zero-order valence-electron chi connectivity index (χ0n) is 25.9. The van der Waals surface area contributed by atoms with E-state index < -0.39 is 8.07 Å². The molecule has 0 unspecified atom stereocenters. The second-order valence-electron chi connectivity index (χ2n) is 12.2. The fourth-order valence-corrected chi connectivity index (χ4v) is 7.60. The number of fused-ring (bicyclic) bond motifs is 4. The third-order valence-electron chi connectivity index (χ3n) is 8.03. The fraction of sp³-hybridized carbons (Fsp3) is 0.0732. The van der Waals surface area contributed by atoms with Gasteiger partial charge >= 0.3 is 0 Å². The van der Waals surface area contributed by atoms with Gasteiger partial charge in [-0.2, -0.15) is 11.3 Å². The average Bonchev–Trinajstić information content (AvgIpc) is 3.46. The first-order valence-electron chi connectivity index (χ1n) is 15.1. The predicted molar refractivity (Wildman–Crippen MR) is 196 cm³/mol. The van der Waals surface area contributed by atoms with Crippen LogP contribution in [0.15, 0.2) is 140 Å². The Morgan fingerprint density at radius 3 is 2.07 bits per heavy atom. The molecular formula is C41H32IrN2SSi-2. The minimum atomic E-state index is -1.23. The molecule has 0 aliphatic heterocycles. The largest absolute Gasteiger partial charge is 0.305 e. The van der Waals surface area contributed by atoms with Crippen molar-refractivity contribution >= 4 is 55.5 Å². The minimum Gasteiger partial charge on any atom is -0.305 e. The molecule has 3 aromatic heterocycles. The predicted octanol–water partition coefficient (Wildman–Crippen LogP) is 10.8. The molecule has 0 amide bonds. The van der Waals surface area contributed by atoms with Gasteiger partial charge in [-0.3, -0.25) is 0 Å². The molecule has 5 heteroatoms. The van der Waals surface area contributed by atoms with E-state index in [1.54, 1.807) is 0 Å². The van der Waals surface area contributed by atoms with E-state index in [1.807, 2.05) is 54.1 Å². The van der Waals surface area contributed by atoms with Crippen molar-refractivity contribution in [3.05, 3.63) is 152 Å².